The predicted octanol–water partition coefficient (Wildman–Crippen LogP) is 7.02. The second kappa shape index (κ2) is 9.92. The fourth-order valence-electron chi connectivity index (χ4n) is 4.88. The number of rotatable bonds is 6. The van der Waals surface area contributed by atoms with Gasteiger partial charge in [0.25, 0.3) is 0 Å². The van der Waals surface area contributed by atoms with Crippen LogP contribution in [-0.4, -0.2) is 36.8 Å². The Labute approximate surface area is 215 Å². The van der Waals surface area contributed by atoms with E-state index in [-0.39, 0.29) is 28.8 Å². The molecule has 0 aromatic heterocycles. The fraction of sp³-hybridized carbons (Fsp3) is 0.308. The van der Waals surface area contributed by atoms with Gasteiger partial charge in [-0.3, -0.25) is 0 Å². The molecule has 1 aliphatic heterocycles. The molecule has 0 saturated heterocycles. The van der Waals surface area contributed by atoms with Gasteiger partial charge in [0.15, 0.2) is 6.10 Å². The Morgan fingerprint density at radius 2 is 1.54 bits per heavy atom. The van der Waals surface area contributed by atoms with Crippen molar-refractivity contribution in [1.82, 2.24) is 0 Å². The zero-order valence-electron chi connectivity index (χ0n) is 19.6. The summed E-state index contributed by atoms with van der Waals surface area (Å²) in [5.41, 5.74) is -2.91. The summed E-state index contributed by atoms with van der Waals surface area (Å²) >= 11 is 0. The molecular weight excluding hydrogens is 548 g/mol. The highest BCUT2D eigenvalue weighted by atomic mass is 19.4. The van der Waals surface area contributed by atoms with Gasteiger partial charge in [0, 0.05) is 12.0 Å². The molecule has 39 heavy (non-hydrogen) atoms. The Kier molecular flexibility index (Phi) is 7.26. The Balaban J connectivity index is 1.90. The van der Waals surface area contributed by atoms with E-state index in [9.17, 15) is 44.6 Å². The standard InChI is InChI=1S/C26H19F10NO2/c27-20-9-3-8-19-22(20)37(13-21(38)25(31,32)33)14-23(19,12-15-4-1-6-17(10-15)24(28,29)30)16-5-2-7-18(11-16)39-26(34,35)36/h1-11,21,38H,12-14H2. The quantitative estimate of drug-likeness (QED) is 0.325. The number of alkyl halides is 9. The van der Waals surface area contributed by atoms with E-state index in [0.717, 1.165) is 41.3 Å². The van der Waals surface area contributed by atoms with Crippen LogP contribution in [0.3, 0.4) is 0 Å². The van der Waals surface area contributed by atoms with Crippen LogP contribution in [-0.2, 0) is 18.0 Å². The van der Waals surface area contributed by atoms with Crippen LogP contribution in [0.5, 0.6) is 5.75 Å². The molecule has 0 aliphatic carbocycles. The molecule has 0 fully saturated rings. The van der Waals surface area contributed by atoms with Crippen molar-refractivity contribution in [3.8, 4) is 5.75 Å². The average Bonchev–Trinajstić information content (AvgIpc) is 3.12. The van der Waals surface area contributed by atoms with Gasteiger partial charge in [-0.1, -0.05) is 42.5 Å². The normalized spacial score (nSPS) is 18.7. The lowest BCUT2D eigenvalue weighted by Crippen LogP contribution is -2.44. The maximum absolute atomic E-state index is 15.1. The number of para-hydroxylation sites is 1. The number of aliphatic hydroxyl groups excluding tert-OH is 1. The second-order valence-corrected chi connectivity index (χ2v) is 9.11. The number of anilines is 1. The van der Waals surface area contributed by atoms with Crippen molar-refractivity contribution >= 4 is 5.69 Å². The lowest BCUT2D eigenvalue weighted by atomic mass is 9.71. The van der Waals surface area contributed by atoms with Gasteiger partial charge in [-0.15, -0.1) is 13.2 Å². The SMILES string of the molecule is OC(CN1CC(Cc2cccc(C(F)(F)F)c2)(c2cccc(OC(F)(F)F)c2)c2cccc(F)c21)C(F)(F)F. The smallest absolute Gasteiger partial charge is 0.406 e. The van der Waals surface area contributed by atoms with Crippen LogP contribution in [0.25, 0.3) is 0 Å². The molecule has 3 nitrogen and oxygen atoms in total. The fourth-order valence-corrected chi connectivity index (χ4v) is 4.88. The van der Waals surface area contributed by atoms with Crippen molar-refractivity contribution in [2.24, 2.45) is 0 Å². The van der Waals surface area contributed by atoms with E-state index in [1.54, 1.807) is 0 Å². The van der Waals surface area contributed by atoms with Gasteiger partial charge in [0.1, 0.15) is 11.6 Å². The highest BCUT2D eigenvalue weighted by Crippen LogP contribution is 2.49. The third kappa shape index (κ3) is 6.07. The number of nitrogens with zero attached hydrogens (tertiary/aromatic N) is 1. The lowest BCUT2D eigenvalue weighted by molar-refractivity contribution is -0.274. The molecule has 2 atom stereocenters. The summed E-state index contributed by atoms with van der Waals surface area (Å²) in [5, 5.41) is 9.73. The number of fused-ring (bicyclic) bond motifs is 1. The first kappa shape index (κ1) is 28.5. The molecule has 3 aromatic rings. The Morgan fingerprint density at radius 3 is 2.18 bits per heavy atom. The molecule has 4 rings (SSSR count). The summed E-state index contributed by atoms with van der Waals surface area (Å²) in [6, 6.07) is 12.0. The third-order valence-corrected chi connectivity index (χ3v) is 6.43. The monoisotopic (exact) mass is 567 g/mol. The summed E-state index contributed by atoms with van der Waals surface area (Å²) in [7, 11) is 0. The molecular formula is C26H19F10NO2. The van der Waals surface area contributed by atoms with Gasteiger partial charge in [0.05, 0.1) is 17.8 Å². The summed E-state index contributed by atoms with van der Waals surface area (Å²) in [4.78, 5) is 0.897. The van der Waals surface area contributed by atoms with E-state index in [4.69, 9.17) is 0 Å². The van der Waals surface area contributed by atoms with E-state index >= 15 is 4.39 Å². The van der Waals surface area contributed by atoms with Crippen molar-refractivity contribution in [3.05, 3.63) is 94.8 Å². The zero-order valence-corrected chi connectivity index (χ0v) is 19.6. The van der Waals surface area contributed by atoms with Crippen LogP contribution in [0.15, 0.2) is 66.7 Å². The first-order chi connectivity index (χ1) is 18.0. The van der Waals surface area contributed by atoms with Gasteiger partial charge >= 0.3 is 18.7 Å². The molecule has 1 N–H and O–H groups in total. The van der Waals surface area contributed by atoms with Crippen LogP contribution in [0.2, 0.25) is 0 Å². The van der Waals surface area contributed by atoms with Crippen molar-refractivity contribution in [2.45, 2.75) is 36.7 Å². The molecule has 0 radical (unpaired) electrons. The van der Waals surface area contributed by atoms with E-state index < -0.39 is 60.5 Å². The van der Waals surface area contributed by atoms with E-state index in [1.807, 2.05) is 0 Å². The summed E-state index contributed by atoms with van der Waals surface area (Å²) in [5.74, 6) is -1.66. The molecule has 210 valence electrons. The maximum atomic E-state index is 15.1. The van der Waals surface area contributed by atoms with E-state index in [1.165, 1.54) is 30.3 Å². The number of β-amino-alcohol motifs (C(OH)–C–C–N with tert-alkyl or cyclic N) is 1. The van der Waals surface area contributed by atoms with Crippen LogP contribution in [0, 0.1) is 5.82 Å². The molecule has 0 bridgehead atoms. The predicted molar refractivity (Wildman–Crippen MR) is 120 cm³/mol. The topological polar surface area (TPSA) is 32.7 Å². The number of aliphatic hydroxyl groups is 1. The Bertz CT molecular complexity index is 1340. The molecule has 1 heterocycles. The highest BCUT2D eigenvalue weighted by Gasteiger charge is 2.49. The van der Waals surface area contributed by atoms with Crippen molar-refractivity contribution < 1.29 is 53.7 Å². The molecule has 3 aromatic carbocycles. The minimum atomic E-state index is -5.09. The molecule has 13 heteroatoms. The van der Waals surface area contributed by atoms with Gasteiger partial charge in [-0.25, -0.2) is 4.39 Å². The van der Waals surface area contributed by atoms with Gasteiger partial charge in [-0.2, -0.15) is 26.3 Å². The number of benzene rings is 3. The maximum Gasteiger partial charge on any atom is 0.573 e. The molecule has 0 amide bonds. The first-order valence-corrected chi connectivity index (χ1v) is 11.3. The average molecular weight is 567 g/mol. The molecule has 2 unspecified atom stereocenters. The van der Waals surface area contributed by atoms with Gasteiger partial charge < -0.3 is 14.7 Å². The molecule has 0 spiro atoms. The Morgan fingerprint density at radius 1 is 0.872 bits per heavy atom. The van der Waals surface area contributed by atoms with Crippen LogP contribution in [0.4, 0.5) is 49.6 Å². The van der Waals surface area contributed by atoms with Crippen LogP contribution >= 0.6 is 0 Å². The minimum Gasteiger partial charge on any atom is -0.406 e. The number of ether oxygens (including phenoxy) is 1. The zero-order chi connectivity index (χ0) is 28.8. The van der Waals surface area contributed by atoms with Crippen molar-refractivity contribution in [3.63, 3.8) is 0 Å². The van der Waals surface area contributed by atoms with Crippen LogP contribution < -0.4 is 9.64 Å². The largest absolute Gasteiger partial charge is 0.573 e. The van der Waals surface area contributed by atoms with Crippen molar-refractivity contribution in [2.75, 3.05) is 18.0 Å². The molecule has 0 saturated carbocycles. The summed E-state index contributed by atoms with van der Waals surface area (Å²) < 4.78 is 138. The van der Waals surface area contributed by atoms with Crippen LogP contribution in [0.1, 0.15) is 22.3 Å². The second-order valence-electron chi connectivity index (χ2n) is 9.11. The molecule has 1 aliphatic rings. The first-order valence-electron chi connectivity index (χ1n) is 11.3. The summed E-state index contributed by atoms with van der Waals surface area (Å²) in [6.45, 7) is -1.62. The minimum absolute atomic E-state index is 0.0255. The van der Waals surface area contributed by atoms with Gasteiger partial charge in [-0.05, 0) is 47.4 Å². The highest BCUT2D eigenvalue weighted by molar-refractivity contribution is 5.68. The van der Waals surface area contributed by atoms with E-state index in [2.05, 4.69) is 4.74 Å². The lowest BCUT2D eigenvalue weighted by Gasteiger charge is -2.33. The number of hydrogen-bond donors (Lipinski definition) is 1. The summed E-state index contributed by atoms with van der Waals surface area (Å²) in [6.07, 6.45) is -18.2. The number of halogens is 10. The Hall–Kier alpha value is -3.48. The number of hydrogen-bond acceptors (Lipinski definition) is 3. The third-order valence-electron chi connectivity index (χ3n) is 6.43. The van der Waals surface area contributed by atoms with Gasteiger partial charge in [0.2, 0.25) is 0 Å². The van der Waals surface area contributed by atoms with E-state index in [0.29, 0.717) is 0 Å². The van der Waals surface area contributed by atoms with Crippen molar-refractivity contribution in [1.29, 1.82) is 0 Å².